The fourth-order valence-corrected chi connectivity index (χ4v) is 5.21. The molecule has 3 N–H and O–H groups in total. The van der Waals surface area contributed by atoms with E-state index in [0.717, 1.165) is 22.0 Å². The van der Waals surface area contributed by atoms with Crippen LogP contribution < -0.4 is 10.0 Å². The van der Waals surface area contributed by atoms with Gasteiger partial charge in [-0.3, -0.25) is 4.79 Å². The molecule has 8 heteroatoms. The van der Waals surface area contributed by atoms with Gasteiger partial charge >= 0.3 is 0 Å². The third-order valence-electron chi connectivity index (χ3n) is 6.11. The normalized spacial score (nSPS) is 12.4. The van der Waals surface area contributed by atoms with E-state index < -0.39 is 10.0 Å². The van der Waals surface area contributed by atoms with Crippen LogP contribution in [0.4, 0.5) is 0 Å². The van der Waals surface area contributed by atoms with Crippen molar-refractivity contribution in [3.05, 3.63) is 126 Å². The van der Waals surface area contributed by atoms with E-state index >= 15 is 0 Å². The maximum absolute atomic E-state index is 13.0. The Labute approximate surface area is 209 Å². The predicted molar refractivity (Wildman–Crippen MR) is 138 cm³/mol. The minimum atomic E-state index is -3.74. The number of nitrogens with one attached hydrogen (secondary N) is 3. The smallest absolute Gasteiger partial charge is 0.251 e. The van der Waals surface area contributed by atoms with Crippen LogP contribution in [-0.4, -0.2) is 25.9 Å². The van der Waals surface area contributed by atoms with Crippen LogP contribution in [0.25, 0.3) is 10.9 Å². The van der Waals surface area contributed by atoms with Crippen molar-refractivity contribution in [3.8, 4) is 0 Å². The summed E-state index contributed by atoms with van der Waals surface area (Å²) in [5.41, 5.74) is 3.61. The van der Waals surface area contributed by atoms with Crippen LogP contribution in [-0.2, 0) is 16.6 Å². The van der Waals surface area contributed by atoms with Crippen molar-refractivity contribution in [2.45, 2.75) is 17.4 Å². The molecule has 1 amide bonds. The summed E-state index contributed by atoms with van der Waals surface area (Å²) in [5, 5.41) is 4.13. The molecule has 0 saturated heterocycles. The number of benzene rings is 3. The molecule has 1 atom stereocenters. The molecule has 0 aliphatic rings. The summed E-state index contributed by atoms with van der Waals surface area (Å²) in [4.78, 5) is 16.4. The zero-order valence-corrected chi connectivity index (χ0v) is 20.2. The van der Waals surface area contributed by atoms with Gasteiger partial charge in [-0.2, -0.15) is 0 Å². The van der Waals surface area contributed by atoms with Crippen molar-refractivity contribution in [2.24, 2.45) is 0 Å². The highest BCUT2D eigenvalue weighted by atomic mass is 32.2. The molecule has 7 nitrogen and oxygen atoms in total. The summed E-state index contributed by atoms with van der Waals surface area (Å²) in [7, 11) is -3.74. The largest absolute Gasteiger partial charge is 0.468 e. The average molecular weight is 500 g/mol. The molecule has 36 heavy (non-hydrogen) atoms. The first-order valence-corrected chi connectivity index (χ1v) is 13.0. The van der Waals surface area contributed by atoms with Crippen LogP contribution in [0, 0.1) is 0 Å². The van der Waals surface area contributed by atoms with Crippen LogP contribution in [0.5, 0.6) is 0 Å². The Kier molecular flexibility index (Phi) is 6.71. The molecular formula is C28H25N3O4S. The Bertz CT molecular complexity index is 1560. The standard InChI is InChI=1S/C28H25N3O4S/c32-28(21-12-14-23(15-13-21)36(33,34)31-17-22-9-6-16-35-22)30-18-25(20-7-2-1-3-8-20)26-19-29-27-11-5-4-10-24(26)27/h1-16,19,25,29,31H,17-18H2,(H,30,32). The highest BCUT2D eigenvalue weighted by Gasteiger charge is 2.20. The van der Waals surface area contributed by atoms with E-state index in [9.17, 15) is 13.2 Å². The second-order valence-corrected chi connectivity index (χ2v) is 10.2. The fourth-order valence-electron chi connectivity index (χ4n) is 4.22. The van der Waals surface area contributed by atoms with Gasteiger partial charge in [-0.05, 0) is 53.6 Å². The minimum Gasteiger partial charge on any atom is -0.468 e. The zero-order chi connectivity index (χ0) is 25.0. The fraction of sp³-hybridized carbons (Fsp3) is 0.107. The molecule has 0 bridgehead atoms. The number of fused-ring (bicyclic) bond motifs is 1. The lowest BCUT2D eigenvalue weighted by atomic mass is 9.91. The Hall–Kier alpha value is -4.14. The molecule has 3 aromatic carbocycles. The lowest BCUT2D eigenvalue weighted by Gasteiger charge is -2.18. The van der Waals surface area contributed by atoms with Crippen molar-refractivity contribution in [2.75, 3.05) is 6.54 Å². The molecule has 0 spiro atoms. The van der Waals surface area contributed by atoms with Crippen molar-refractivity contribution in [1.29, 1.82) is 0 Å². The average Bonchev–Trinajstić information content (AvgIpc) is 3.59. The summed E-state index contributed by atoms with van der Waals surface area (Å²) in [6, 6.07) is 27.4. The van der Waals surface area contributed by atoms with E-state index in [0.29, 0.717) is 17.9 Å². The number of hydrogen-bond acceptors (Lipinski definition) is 4. The van der Waals surface area contributed by atoms with E-state index in [1.165, 1.54) is 30.5 Å². The van der Waals surface area contributed by atoms with E-state index in [2.05, 4.69) is 21.1 Å². The Balaban J connectivity index is 1.30. The van der Waals surface area contributed by atoms with Crippen LogP contribution in [0.1, 0.15) is 33.2 Å². The molecule has 0 aliphatic heterocycles. The van der Waals surface area contributed by atoms with Crippen LogP contribution >= 0.6 is 0 Å². The number of sulfonamides is 1. The monoisotopic (exact) mass is 499 g/mol. The highest BCUT2D eigenvalue weighted by molar-refractivity contribution is 7.89. The molecular weight excluding hydrogens is 474 g/mol. The zero-order valence-electron chi connectivity index (χ0n) is 19.3. The van der Waals surface area contributed by atoms with Gasteiger partial charge in [0, 0.05) is 35.1 Å². The van der Waals surface area contributed by atoms with Crippen molar-refractivity contribution >= 4 is 26.8 Å². The Morgan fingerprint density at radius 1 is 0.889 bits per heavy atom. The summed E-state index contributed by atoms with van der Waals surface area (Å²) in [6.07, 6.45) is 3.47. The number of amides is 1. The first-order valence-electron chi connectivity index (χ1n) is 11.5. The maximum atomic E-state index is 13.0. The molecule has 1 unspecified atom stereocenters. The van der Waals surface area contributed by atoms with Gasteiger partial charge in [0.05, 0.1) is 17.7 Å². The summed E-state index contributed by atoms with van der Waals surface area (Å²) in [5.74, 6) is 0.178. The van der Waals surface area contributed by atoms with E-state index in [1.54, 1.807) is 12.1 Å². The van der Waals surface area contributed by atoms with E-state index in [1.807, 2.05) is 54.7 Å². The number of aromatic amines is 1. The lowest BCUT2D eigenvalue weighted by Crippen LogP contribution is -2.29. The number of carbonyl (C=O) groups is 1. The summed E-state index contributed by atoms with van der Waals surface area (Å²) >= 11 is 0. The minimum absolute atomic E-state index is 0.0479. The van der Waals surface area contributed by atoms with E-state index in [4.69, 9.17) is 4.42 Å². The van der Waals surface area contributed by atoms with Gasteiger partial charge in [-0.1, -0.05) is 48.5 Å². The lowest BCUT2D eigenvalue weighted by molar-refractivity contribution is 0.0952. The second-order valence-electron chi connectivity index (χ2n) is 8.39. The first kappa shape index (κ1) is 23.6. The summed E-state index contributed by atoms with van der Waals surface area (Å²) in [6.45, 7) is 0.432. The molecule has 2 heterocycles. The van der Waals surface area contributed by atoms with Gasteiger partial charge < -0.3 is 14.7 Å². The molecule has 2 aromatic heterocycles. The topological polar surface area (TPSA) is 104 Å². The third kappa shape index (κ3) is 5.10. The maximum Gasteiger partial charge on any atom is 0.251 e. The molecule has 0 aliphatic carbocycles. The number of carbonyl (C=O) groups excluding carboxylic acids is 1. The first-order chi connectivity index (χ1) is 17.5. The molecule has 5 rings (SSSR count). The van der Waals surface area contributed by atoms with Gasteiger partial charge in [0.15, 0.2) is 0 Å². The van der Waals surface area contributed by atoms with Crippen molar-refractivity contribution in [3.63, 3.8) is 0 Å². The van der Waals surface area contributed by atoms with Crippen molar-refractivity contribution < 1.29 is 17.6 Å². The van der Waals surface area contributed by atoms with Crippen LogP contribution in [0.3, 0.4) is 0 Å². The molecule has 5 aromatic rings. The summed E-state index contributed by atoms with van der Waals surface area (Å²) < 4.78 is 32.8. The van der Waals surface area contributed by atoms with Gasteiger partial charge in [-0.15, -0.1) is 0 Å². The number of furan rings is 1. The molecule has 0 saturated carbocycles. The van der Waals surface area contributed by atoms with Crippen LogP contribution in [0.15, 0.2) is 113 Å². The van der Waals surface area contributed by atoms with Gasteiger partial charge in [-0.25, -0.2) is 13.1 Å². The van der Waals surface area contributed by atoms with Crippen molar-refractivity contribution in [1.82, 2.24) is 15.0 Å². The number of H-pyrrole nitrogens is 1. The number of aromatic nitrogens is 1. The highest BCUT2D eigenvalue weighted by Crippen LogP contribution is 2.30. The van der Waals surface area contributed by atoms with E-state index in [-0.39, 0.29) is 23.3 Å². The van der Waals surface area contributed by atoms with Gasteiger partial charge in [0.2, 0.25) is 10.0 Å². The third-order valence-corrected chi connectivity index (χ3v) is 7.53. The number of hydrogen-bond donors (Lipinski definition) is 3. The second kappa shape index (κ2) is 10.2. The molecule has 0 fully saturated rings. The number of rotatable bonds is 9. The SMILES string of the molecule is O=C(NCC(c1ccccc1)c1c[nH]c2ccccc12)c1ccc(S(=O)(=O)NCc2ccco2)cc1. The van der Waals surface area contributed by atoms with Crippen LogP contribution in [0.2, 0.25) is 0 Å². The predicted octanol–water partition coefficient (Wildman–Crippen LogP) is 4.80. The molecule has 182 valence electrons. The van der Waals surface area contributed by atoms with Gasteiger partial charge in [0.25, 0.3) is 5.91 Å². The molecule has 0 radical (unpaired) electrons. The Morgan fingerprint density at radius 3 is 2.39 bits per heavy atom. The number of para-hydroxylation sites is 1. The Morgan fingerprint density at radius 2 is 1.64 bits per heavy atom. The van der Waals surface area contributed by atoms with Gasteiger partial charge in [0.1, 0.15) is 5.76 Å². The quantitative estimate of drug-likeness (QED) is 0.271.